The van der Waals surface area contributed by atoms with Crippen LogP contribution in [-0.4, -0.2) is 35.1 Å². The van der Waals surface area contributed by atoms with Crippen LogP contribution in [0.5, 0.6) is 0 Å². The van der Waals surface area contributed by atoms with Crippen molar-refractivity contribution in [2.75, 3.05) is 18.4 Å². The lowest BCUT2D eigenvalue weighted by Crippen LogP contribution is -2.38. The van der Waals surface area contributed by atoms with Crippen molar-refractivity contribution in [1.29, 1.82) is 0 Å². The summed E-state index contributed by atoms with van der Waals surface area (Å²) in [7, 11) is 0. The van der Waals surface area contributed by atoms with E-state index >= 15 is 0 Å². The molecule has 1 aromatic carbocycles. The van der Waals surface area contributed by atoms with E-state index in [1.807, 2.05) is 0 Å². The van der Waals surface area contributed by atoms with E-state index in [2.05, 4.69) is 11.9 Å². The fraction of sp³-hybridized carbons (Fsp3) is 0.167. The van der Waals surface area contributed by atoms with Crippen molar-refractivity contribution in [2.45, 2.75) is 0 Å². The summed E-state index contributed by atoms with van der Waals surface area (Å²) in [6.07, 6.45) is 1.43. The number of carboxylic acids is 1. The molecule has 0 aliphatic carbocycles. The maximum atomic E-state index is 11.9. The van der Waals surface area contributed by atoms with Gasteiger partial charge in [-0.15, -0.1) is 6.58 Å². The Hall–Kier alpha value is -1.72. The second kappa shape index (κ2) is 7.01. The molecule has 0 spiro atoms. The molecule has 19 heavy (non-hydrogen) atoms. The van der Waals surface area contributed by atoms with Gasteiger partial charge in [0.25, 0.3) is 0 Å². The van der Waals surface area contributed by atoms with Crippen LogP contribution < -0.4 is 5.32 Å². The number of amides is 2. The fourth-order valence-electron chi connectivity index (χ4n) is 1.33. The molecule has 0 bridgehead atoms. The Kier molecular flexibility index (Phi) is 5.66. The largest absolute Gasteiger partial charge is 0.480 e. The monoisotopic (exact) mass is 302 g/mol. The molecule has 102 valence electrons. The number of aliphatic carboxylic acids is 1. The maximum Gasteiger partial charge on any atom is 0.323 e. The molecule has 0 fully saturated rings. The van der Waals surface area contributed by atoms with Gasteiger partial charge in [0.05, 0.1) is 10.7 Å². The lowest BCUT2D eigenvalue weighted by Gasteiger charge is -2.19. The van der Waals surface area contributed by atoms with Gasteiger partial charge in [-0.2, -0.15) is 0 Å². The van der Waals surface area contributed by atoms with Gasteiger partial charge in [-0.1, -0.05) is 29.3 Å². The highest BCUT2D eigenvalue weighted by Crippen LogP contribution is 2.25. The fourth-order valence-corrected chi connectivity index (χ4v) is 1.66. The summed E-state index contributed by atoms with van der Waals surface area (Å²) in [5.74, 6) is -1.12. The van der Waals surface area contributed by atoms with Crippen molar-refractivity contribution in [1.82, 2.24) is 4.90 Å². The van der Waals surface area contributed by atoms with Crippen molar-refractivity contribution >= 4 is 40.9 Å². The smallest absolute Gasteiger partial charge is 0.323 e. The van der Waals surface area contributed by atoms with Crippen molar-refractivity contribution in [3.05, 3.63) is 40.9 Å². The third kappa shape index (κ3) is 4.81. The lowest BCUT2D eigenvalue weighted by atomic mass is 10.3. The Bertz CT molecular complexity index is 506. The van der Waals surface area contributed by atoms with Gasteiger partial charge < -0.3 is 15.3 Å². The molecule has 0 heterocycles. The number of hydrogen-bond acceptors (Lipinski definition) is 2. The van der Waals surface area contributed by atoms with Gasteiger partial charge in [0, 0.05) is 11.6 Å². The Morgan fingerprint density at radius 3 is 2.68 bits per heavy atom. The number of nitrogens with zero attached hydrogens (tertiary/aromatic N) is 1. The molecule has 0 unspecified atom stereocenters. The van der Waals surface area contributed by atoms with Crippen LogP contribution in [0.2, 0.25) is 10.0 Å². The highest BCUT2D eigenvalue weighted by atomic mass is 35.5. The number of anilines is 1. The number of rotatable bonds is 5. The zero-order chi connectivity index (χ0) is 14.4. The van der Waals surface area contributed by atoms with E-state index in [-0.39, 0.29) is 6.54 Å². The topological polar surface area (TPSA) is 69.6 Å². The van der Waals surface area contributed by atoms with Crippen LogP contribution in [0.1, 0.15) is 0 Å². The quantitative estimate of drug-likeness (QED) is 0.821. The standard InChI is InChI=1S/C12H12Cl2N2O3/c1-2-5-16(7-11(17)18)12(19)15-10-6-8(13)3-4-9(10)14/h2-4,6H,1,5,7H2,(H,15,19)(H,17,18). The van der Waals surface area contributed by atoms with Crippen LogP contribution in [0, 0.1) is 0 Å². The zero-order valence-electron chi connectivity index (χ0n) is 9.90. The van der Waals surface area contributed by atoms with Crippen LogP contribution in [0.25, 0.3) is 0 Å². The molecule has 0 aliphatic heterocycles. The number of carboxylic acid groups (broad SMARTS) is 1. The molecule has 0 atom stereocenters. The maximum absolute atomic E-state index is 11.9. The van der Waals surface area contributed by atoms with Crippen molar-refractivity contribution in [3.8, 4) is 0 Å². The summed E-state index contributed by atoms with van der Waals surface area (Å²) in [5, 5.41) is 11.9. The van der Waals surface area contributed by atoms with Gasteiger partial charge in [0.15, 0.2) is 0 Å². The molecular formula is C12H12Cl2N2O3. The van der Waals surface area contributed by atoms with Gasteiger partial charge in [-0.05, 0) is 18.2 Å². The lowest BCUT2D eigenvalue weighted by molar-refractivity contribution is -0.137. The molecular weight excluding hydrogens is 291 g/mol. The third-order valence-electron chi connectivity index (χ3n) is 2.13. The summed E-state index contributed by atoms with van der Waals surface area (Å²) < 4.78 is 0. The first kappa shape index (κ1) is 15.3. The van der Waals surface area contributed by atoms with E-state index in [9.17, 15) is 9.59 Å². The van der Waals surface area contributed by atoms with Crippen LogP contribution in [0.4, 0.5) is 10.5 Å². The van der Waals surface area contributed by atoms with Crippen LogP contribution in [0.15, 0.2) is 30.9 Å². The average Bonchev–Trinajstić information content (AvgIpc) is 2.32. The van der Waals surface area contributed by atoms with Gasteiger partial charge in [-0.3, -0.25) is 4.79 Å². The van der Waals surface area contributed by atoms with E-state index < -0.39 is 18.5 Å². The molecule has 5 nitrogen and oxygen atoms in total. The van der Waals surface area contributed by atoms with Gasteiger partial charge in [0.2, 0.25) is 0 Å². The SMILES string of the molecule is C=CCN(CC(=O)O)C(=O)Nc1cc(Cl)ccc1Cl. The number of carbonyl (C=O) groups is 2. The first-order valence-electron chi connectivity index (χ1n) is 5.27. The van der Waals surface area contributed by atoms with Crippen LogP contribution >= 0.6 is 23.2 Å². The molecule has 0 aliphatic rings. The Morgan fingerprint density at radius 1 is 1.42 bits per heavy atom. The van der Waals surface area contributed by atoms with E-state index in [1.54, 1.807) is 6.07 Å². The van der Waals surface area contributed by atoms with Crippen molar-refractivity contribution in [2.24, 2.45) is 0 Å². The summed E-state index contributed by atoms with van der Waals surface area (Å²) in [5.41, 5.74) is 0.318. The minimum absolute atomic E-state index is 0.107. The van der Waals surface area contributed by atoms with Gasteiger partial charge in [-0.25, -0.2) is 4.79 Å². The van der Waals surface area contributed by atoms with Gasteiger partial charge in [0.1, 0.15) is 6.54 Å². The number of hydrogen-bond donors (Lipinski definition) is 2. The molecule has 2 N–H and O–H groups in total. The number of benzene rings is 1. The number of urea groups is 1. The molecule has 7 heteroatoms. The molecule has 1 rings (SSSR count). The summed E-state index contributed by atoms with van der Waals surface area (Å²) in [6.45, 7) is 3.14. The number of halogens is 2. The predicted octanol–water partition coefficient (Wildman–Crippen LogP) is 3.10. The summed E-state index contributed by atoms with van der Waals surface area (Å²) in [4.78, 5) is 23.6. The average molecular weight is 303 g/mol. The van der Waals surface area contributed by atoms with Gasteiger partial charge >= 0.3 is 12.0 Å². The van der Waals surface area contributed by atoms with Crippen LogP contribution in [0.3, 0.4) is 0 Å². The number of nitrogens with one attached hydrogen (secondary N) is 1. The minimum Gasteiger partial charge on any atom is -0.480 e. The van der Waals surface area contributed by atoms with Crippen LogP contribution in [-0.2, 0) is 4.79 Å². The third-order valence-corrected chi connectivity index (χ3v) is 2.70. The zero-order valence-corrected chi connectivity index (χ0v) is 11.4. The minimum atomic E-state index is -1.12. The predicted molar refractivity (Wildman–Crippen MR) is 74.9 cm³/mol. The Labute approximate surface area is 120 Å². The Morgan fingerprint density at radius 2 is 2.11 bits per heavy atom. The first-order valence-corrected chi connectivity index (χ1v) is 6.03. The summed E-state index contributed by atoms with van der Waals surface area (Å²) in [6, 6.07) is 4.01. The highest BCUT2D eigenvalue weighted by molar-refractivity contribution is 6.35. The van der Waals surface area contributed by atoms with E-state index in [0.29, 0.717) is 15.7 Å². The summed E-state index contributed by atoms with van der Waals surface area (Å²) >= 11 is 11.7. The molecule has 1 aromatic rings. The van der Waals surface area contributed by atoms with Crippen molar-refractivity contribution < 1.29 is 14.7 Å². The highest BCUT2D eigenvalue weighted by Gasteiger charge is 2.16. The Balaban J connectivity index is 2.83. The van der Waals surface area contributed by atoms with Crippen molar-refractivity contribution in [3.63, 3.8) is 0 Å². The second-order valence-electron chi connectivity index (χ2n) is 3.62. The molecule has 0 saturated heterocycles. The molecule has 2 amide bonds. The van der Waals surface area contributed by atoms with E-state index in [0.717, 1.165) is 4.90 Å². The van der Waals surface area contributed by atoms with E-state index in [1.165, 1.54) is 18.2 Å². The molecule has 0 radical (unpaired) electrons. The second-order valence-corrected chi connectivity index (χ2v) is 4.46. The normalized spacial score (nSPS) is 9.79. The molecule has 0 saturated carbocycles. The molecule has 0 aromatic heterocycles. The number of carbonyl (C=O) groups excluding carboxylic acids is 1. The first-order chi connectivity index (χ1) is 8.93. The van der Waals surface area contributed by atoms with E-state index in [4.69, 9.17) is 28.3 Å².